The molecule has 0 saturated carbocycles. The molecule has 0 radical (unpaired) electrons. The van der Waals surface area contributed by atoms with Crippen molar-refractivity contribution >= 4 is 62.7 Å². The number of fused-ring (bicyclic) bond motifs is 1. The number of thioether (sulfide) groups is 1. The van der Waals surface area contributed by atoms with E-state index in [1.165, 1.54) is 17.0 Å². The maximum atomic E-state index is 12.9. The van der Waals surface area contributed by atoms with Gasteiger partial charge in [-0.2, -0.15) is 5.11 Å². The average Bonchev–Trinajstić information content (AvgIpc) is 3.13. The number of imide groups is 1. The van der Waals surface area contributed by atoms with Gasteiger partial charge in [-0.05, 0) is 65.2 Å². The molecule has 2 amide bonds. The average molecular weight is 500 g/mol. The number of carbonyl (C=O) groups excluding carboxylic acids is 2. The molecule has 1 N–H and O–H groups in total. The third kappa shape index (κ3) is 4.96. The molecule has 6 nitrogen and oxygen atoms in total. The summed E-state index contributed by atoms with van der Waals surface area (Å²) in [5.74, 6) is -0.448. The van der Waals surface area contributed by atoms with Crippen LogP contribution < -0.4 is 0 Å². The van der Waals surface area contributed by atoms with Crippen molar-refractivity contribution in [1.29, 1.82) is 0 Å². The Morgan fingerprint density at radius 2 is 1.69 bits per heavy atom. The smallest absolute Gasteiger partial charge is 0.293 e. The van der Waals surface area contributed by atoms with Gasteiger partial charge in [0.05, 0.1) is 22.8 Å². The van der Waals surface area contributed by atoms with Crippen LogP contribution in [0, 0.1) is 0 Å². The Balaban J connectivity index is 1.39. The molecule has 1 aliphatic heterocycles. The molecule has 0 aliphatic carbocycles. The summed E-state index contributed by atoms with van der Waals surface area (Å²) in [6.45, 7) is 0.143. The van der Waals surface area contributed by atoms with Gasteiger partial charge in [0.2, 0.25) is 0 Å². The lowest BCUT2D eigenvalue weighted by Crippen LogP contribution is -2.27. The summed E-state index contributed by atoms with van der Waals surface area (Å²) >= 11 is 6.74. The summed E-state index contributed by atoms with van der Waals surface area (Å²) in [6, 6.07) is 25.4. The van der Waals surface area contributed by atoms with E-state index >= 15 is 0 Å². The van der Waals surface area contributed by atoms with Crippen LogP contribution in [0.25, 0.3) is 16.8 Å². The Hall–Kier alpha value is -3.94. The predicted octanol–water partition coefficient (Wildman–Crippen LogP) is 7.85. The highest BCUT2D eigenvalue weighted by Gasteiger charge is 2.35. The number of hydrogen-bond acceptors (Lipinski definition) is 6. The fourth-order valence-corrected chi connectivity index (χ4v) is 4.63. The lowest BCUT2D eigenvalue weighted by atomic mass is 10.1. The molecule has 0 unspecified atom stereocenters. The van der Waals surface area contributed by atoms with E-state index in [-0.39, 0.29) is 22.4 Å². The summed E-state index contributed by atoms with van der Waals surface area (Å²) in [5, 5.41) is 21.3. The standard InChI is InChI=1S/C27H18ClN3O3S/c28-20-10-8-17(9-11-20)16-31-26(33)25(35-27(31)34)15-19-14-21(12-13-24(19)32)29-30-23-7-3-5-18-4-1-2-6-22(18)23/h1-15,32H,16H2/b25-15-,30-29?. The molecule has 1 fully saturated rings. The number of azo groups is 1. The second kappa shape index (κ2) is 9.74. The number of carbonyl (C=O) groups is 2. The Labute approximate surface area is 210 Å². The summed E-state index contributed by atoms with van der Waals surface area (Å²) in [7, 11) is 0. The molecule has 4 aromatic rings. The van der Waals surface area contributed by atoms with Crippen LogP contribution in [-0.4, -0.2) is 21.2 Å². The lowest BCUT2D eigenvalue weighted by molar-refractivity contribution is -0.123. The Morgan fingerprint density at radius 3 is 2.51 bits per heavy atom. The number of nitrogens with zero attached hydrogens (tertiary/aromatic N) is 3. The van der Waals surface area contributed by atoms with E-state index in [9.17, 15) is 14.7 Å². The highest BCUT2D eigenvalue weighted by atomic mass is 35.5. The highest BCUT2D eigenvalue weighted by Crippen LogP contribution is 2.36. The molecule has 1 saturated heterocycles. The number of phenols is 1. The summed E-state index contributed by atoms with van der Waals surface area (Å²) in [4.78, 5) is 26.8. The van der Waals surface area contributed by atoms with Crippen molar-refractivity contribution < 1.29 is 14.7 Å². The van der Waals surface area contributed by atoms with Gasteiger partial charge in [0.15, 0.2) is 0 Å². The van der Waals surface area contributed by atoms with E-state index in [0.717, 1.165) is 33.8 Å². The van der Waals surface area contributed by atoms with Crippen LogP contribution in [0.1, 0.15) is 11.1 Å². The van der Waals surface area contributed by atoms with Crippen LogP contribution in [0.4, 0.5) is 16.2 Å². The van der Waals surface area contributed by atoms with Gasteiger partial charge in [0, 0.05) is 16.0 Å². The molecule has 5 rings (SSSR count). The van der Waals surface area contributed by atoms with E-state index in [2.05, 4.69) is 10.2 Å². The molecule has 4 aromatic carbocycles. The monoisotopic (exact) mass is 499 g/mol. The third-order valence-corrected chi connectivity index (χ3v) is 6.62. The summed E-state index contributed by atoms with van der Waals surface area (Å²) in [5.41, 5.74) is 2.39. The first kappa shape index (κ1) is 22.8. The highest BCUT2D eigenvalue weighted by molar-refractivity contribution is 8.18. The third-order valence-electron chi connectivity index (χ3n) is 5.47. The first-order chi connectivity index (χ1) is 17.0. The van der Waals surface area contributed by atoms with Crippen LogP contribution in [-0.2, 0) is 11.3 Å². The second-order valence-corrected chi connectivity index (χ2v) is 9.27. The first-order valence-corrected chi connectivity index (χ1v) is 11.9. The first-order valence-electron chi connectivity index (χ1n) is 10.7. The molecular weight excluding hydrogens is 482 g/mol. The van der Waals surface area contributed by atoms with Crippen LogP contribution >= 0.6 is 23.4 Å². The van der Waals surface area contributed by atoms with Crippen molar-refractivity contribution in [2.24, 2.45) is 10.2 Å². The molecular formula is C27H18ClN3O3S. The van der Waals surface area contributed by atoms with Crippen LogP contribution in [0.15, 0.2) is 100 Å². The SMILES string of the molecule is O=C1S/C(=C\c2cc(N=Nc3cccc4ccccc34)ccc2O)C(=O)N1Cc1ccc(Cl)cc1. The van der Waals surface area contributed by atoms with Gasteiger partial charge in [-0.1, -0.05) is 60.1 Å². The van der Waals surface area contributed by atoms with Crippen LogP contribution in [0.2, 0.25) is 5.02 Å². The van der Waals surface area contributed by atoms with E-state index < -0.39 is 5.91 Å². The van der Waals surface area contributed by atoms with Crippen molar-refractivity contribution in [3.8, 4) is 5.75 Å². The van der Waals surface area contributed by atoms with Gasteiger partial charge in [-0.15, -0.1) is 5.11 Å². The predicted molar refractivity (Wildman–Crippen MR) is 139 cm³/mol. The minimum atomic E-state index is -0.419. The number of aromatic hydroxyl groups is 1. The van der Waals surface area contributed by atoms with Gasteiger partial charge >= 0.3 is 0 Å². The van der Waals surface area contributed by atoms with Crippen LogP contribution in [0.5, 0.6) is 5.75 Å². The van der Waals surface area contributed by atoms with E-state index in [4.69, 9.17) is 11.6 Å². The number of hydrogen-bond donors (Lipinski definition) is 1. The molecule has 8 heteroatoms. The Morgan fingerprint density at radius 1 is 0.914 bits per heavy atom. The second-order valence-electron chi connectivity index (χ2n) is 7.84. The van der Waals surface area contributed by atoms with Crippen molar-refractivity contribution in [1.82, 2.24) is 4.90 Å². The molecule has 0 aromatic heterocycles. The molecule has 35 heavy (non-hydrogen) atoms. The van der Waals surface area contributed by atoms with Gasteiger partial charge in [-0.3, -0.25) is 14.5 Å². The molecule has 0 bridgehead atoms. The fourth-order valence-electron chi connectivity index (χ4n) is 3.68. The lowest BCUT2D eigenvalue weighted by Gasteiger charge is -2.12. The molecule has 172 valence electrons. The van der Waals surface area contributed by atoms with Gasteiger partial charge in [-0.25, -0.2) is 0 Å². The summed E-state index contributed by atoms with van der Waals surface area (Å²) < 4.78 is 0. The quantitative estimate of drug-likeness (QED) is 0.224. The Bertz CT molecular complexity index is 1510. The van der Waals surface area contributed by atoms with Crippen molar-refractivity contribution in [2.45, 2.75) is 6.54 Å². The zero-order chi connectivity index (χ0) is 24.4. The van der Waals surface area contributed by atoms with E-state index in [1.54, 1.807) is 36.4 Å². The molecule has 0 atom stereocenters. The van der Waals surface area contributed by atoms with Gasteiger partial charge < -0.3 is 5.11 Å². The minimum Gasteiger partial charge on any atom is -0.507 e. The number of amides is 2. The number of phenolic OH excluding ortho intramolecular Hbond substituents is 1. The van der Waals surface area contributed by atoms with Crippen molar-refractivity contribution in [3.63, 3.8) is 0 Å². The zero-order valence-electron chi connectivity index (χ0n) is 18.3. The van der Waals surface area contributed by atoms with E-state index in [1.807, 2.05) is 42.5 Å². The summed E-state index contributed by atoms with van der Waals surface area (Å²) in [6.07, 6.45) is 1.50. The molecule has 1 heterocycles. The van der Waals surface area contributed by atoms with Crippen molar-refractivity contribution in [3.05, 3.63) is 106 Å². The largest absolute Gasteiger partial charge is 0.507 e. The van der Waals surface area contributed by atoms with Crippen molar-refractivity contribution in [2.75, 3.05) is 0 Å². The molecule has 1 aliphatic rings. The van der Waals surface area contributed by atoms with Gasteiger partial charge in [0.25, 0.3) is 11.1 Å². The topological polar surface area (TPSA) is 82.3 Å². The normalized spacial score (nSPS) is 15.1. The fraction of sp³-hybridized carbons (Fsp3) is 0.0370. The maximum Gasteiger partial charge on any atom is 0.293 e. The van der Waals surface area contributed by atoms with Crippen LogP contribution in [0.3, 0.4) is 0 Å². The van der Waals surface area contributed by atoms with E-state index in [0.29, 0.717) is 16.3 Å². The van der Waals surface area contributed by atoms with Gasteiger partial charge in [0.1, 0.15) is 5.75 Å². The number of halogens is 1. The maximum absolute atomic E-state index is 12.9. The Kier molecular flexibility index (Phi) is 6.35. The minimum absolute atomic E-state index is 0.0291. The molecule has 0 spiro atoms. The number of benzene rings is 4. The zero-order valence-corrected chi connectivity index (χ0v) is 19.8. The number of rotatable bonds is 5.